The van der Waals surface area contributed by atoms with E-state index >= 15 is 0 Å². The maximum absolute atomic E-state index is 11.4. The first-order chi connectivity index (χ1) is 14.0. The number of nitrogens with zero attached hydrogens (tertiary/aromatic N) is 1. The summed E-state index contributed by atoms with van der Waals surface area (Å²) >= 11 is 3.70. The summed E-state index contributed by atoms with van der Waals surface area (Å²) in [6.45, 7) is 1.36. The summed E-state index contributed by atoms with van der Waals surface area (Å²) in [4.78, 5) is 13.7. The minimum Gasteiger partial charge on any atom is -0.496 e. The first-order valence-electron chi connectivity index (χ1n) is 9.51. The first kappa shape index (κ1) is 21.5. The number of rotatable bonds is 7. The van der Waals surface area contributed by atoms with Gasteiger partial charge in [0.1, 0.15) is 5.75 Å². The molecular formula is C22H26BrNO5. The van der Waals surface area contributed by atoms with Crippen LogP contribution in [0.3, 0.4) is 0 Å². The van der Waals surface area contributed by atoms with Crippen LogP contribution in [0.15, 0.2) is 40.9 Å². The summed E-state index contributed by atoms with van der Waals surface area (Å²) in [6.07, 6.45) is 1.23. The fourth-order valence-corrected chi connectivity index (χ4v) is 4.48. The van der Waals surface area contributed by atoms with E-state index in [0.717, 1.165) is 21.3 Å². The number of likely N-dealkylation sites (tertiary alicyclic amines) is 1. The molecule has 0 aromatic heterocycles. The zero-order chi connectivity index (χ0) is 21.0. The summed E-state index contributed by atoms with van der Waals surface area (Å²) in [5.74, 6) is 1.07. The van der Waals surface area contributed by atoms with Gasteiger partial charge in [0.2, 0.25) is 0 Å². The van der Waals surface area contributed by atoms with Gasteiger partial charge in [-0.2, -0.15) is 0 Å². The number of carboxylic acids is 1. The lowest BCUT2D eigenvalue weighted by atomic mass is 9.90. The fourth-order valence-electron chi connectivity index (χ4n) is 3.94. The normalized spacial score (nSPS) is 16.3. The van der Waals surface area contributed by atoms with Crippen molar-refractivity contribution >= 4 is 21.9 Å². The van der Waals surface area contributed by atoms with Gasteiger partial charge < -0.3 is 19.3 Å². The van der Waals surface area contributed by atoms with Gasteiger partial charge in [-0.1, -0.05) is 34.1 Å². The van der Waals surface area contributed by atoms with E-state index in [1.807, 2.05) is 30.3 Å². The number of ether oxygens (including phenoxy) is 3. The van der Waals surface area contributed by atoms with Crippen LogP contribution < -0.4 is 14.2 Å². The lowest BCUT2D eigenvalue weighted by molar-refractivity contribution is -0.143. The van der Waals surface area contributed by atoms with Crippen molar-refractivity contribution in [2.75, 3.05) is 34.4 Å². The van der Waals surface area contributed by atoms with Gasteiger partial charge in [-0.15, -0.1) is 0 Å². The van der Waals surface area contributed by atoms with Gasteiger partial charge in [0.25, 0.3) is 0 Å². The molecule has 1 N–H and O–H groups in total. The van der Waals surface area contributed by atoms with E-state index in [-0.39, 0.29) is 12.0 Å². The van der Waals surface area contributed by atoms with Crippen molar-refractivity contribution in [3.8, 4) is 17.2 Å². The Balaban J connectivity index is 2.08. The number of para-hydroxylation sites is 1. The first-order valence-corrected chi connectivity index (χ1v) is 10.3. The number of benzene rings is 2. The third-order valence-corrected chi connectivity index (χ3v) is 6.16. The Morgan fingerprint density at radius 3 is 2.17 bits per heavy atom. The molecule has 1 atom stereocenters. The number of hydrogen-bond acceptors (Lipinski definition) is 5. The molecule has 0 bridgehead atoms. The monoisotopic (exact) mass is 463 g/mol. The third kappa shape index (κ3) is 4.51. The maximum atomic E-state index is 11.4. The molecule has 3 rings (SSSR count). The number of carbonyl (C=O) groups is 1. The molecule has 2 aromatic rings. The Morgan fingerprint density at radius 2 is 1.59 bits per heavy atom. The van der Waals surface area contributed by atoms with Crippen LogP contribution in [-0.2, 0) is 4.79 Å². The molecule has 6 nitrogen and oxygen atoms in total. The molecule has 1 heterocycles. The number of piperidine rings is 1. The van der Waals surface area contributed by atoms with Crippen LogP contribution in [0.1, 0.15) is 30.0 Å². The van der Waals surface area contributed by atoms with Crippen molar-refractivity contribution in [2.45, 2.75) is 18.9 Å². The molecule has 0 aliphatic carbocycles. The molecule has 7 heteroatoms. The molecule has 1 unspecified atom stereocenters. The van der Waals surface area contributed by atoms with Crippen LogP contribution in [0.5, 0.6) is 17.2 Å². The largest absolute Gasteiger partial charge is 0.496 e. The number of hydrogen-bond donors (Lipinski definition) is 1. The predicted octanol–water partition coefficient (Wildman–Crippen LogP) is 4.36. The van der Waals surface area contributed by atoms with Crippen LogP contribution in [0.25, 0.3) is 0 Å². The van der Waals surface area contributed by atoms with Gasteiger partial charge in [-0.25, -0.2) is 0 Å². The SMILES string of the molecule is COc1cc(Br)c(C(c2ccccc2OC)N2CCC(C(=O)O)CC2)cc1OC. The van der Waals surface area contributed by atoms with E-state index in [2.05, 4.69) is 26.9 Å². The minimum atomic E-state index is -0.717. The fraction of sp³-hybridized carbons (Fsp3) is 0.409. The molecule has 1 saturated heterocycles. The van der Waals surface area contributed by atoms with Crippen molar-refractivity contribution < 1.29 is 24.1 Å². The second-order valence-electron chi connectivity index (χ2n) is 7.02. The quantitative estimate of drug-likeness (QED) is 0.657. The number of methoxy groups -OCH3 is 3. The lowest BCUT2D eigenvalue weighted by Crippen LogP contribution is -2.39. The van der Waals surface area contributed by atoms with Crippen molar-refractivity contribution in [3.63, 3.8) is 0 Å². The molecule has 156 valence electrons. The lowest BCUT2D eigenvalue weighted by Gasteiger charge is -2.38. The summed E-state index contributed by atoms with van der Waals surface area (Å²) in [5.41, 5.74) is 2.04. The van der Waals surface area contributed by atoms with E-state index in [9.17, 15) is 9.90 Å². The molecular weight excluding hydrogens is 438 g/mol. The zero-order valence-electron chi connectivity index (χ0n) is 16.9. The predicted molar refractivity (Wildman–Crippen MR) is 114 cm³/mol. The Hall–Kier alpha value is -2.25. The topological polar surface area (TPSA) is 68.2 Å². The number of aliphatic carboxylic acids is 1. The molecule has 0 amide bonds. The van der Waals surface area contributed by atoms with E-state index in [0.29, 0.717) is 37.4 Å². The zero-order valence-corrected chi connectivity index (χ0v) is 18.4. The highest BCUT2D eigenvalue weighted by Crippen LogP contribution is 2.43. The summed E-state index contributed by atoms with van der Waals surface area (Å²) in [7, 11) is 4.89. The van der Waals surface area contributed by atoms with Crippen LogP contribution in [0.4, 0.5) is 0 Å². The van der Waals surface area contributed by atoms with E-state index in [4.69, 9.17) is 14.2 Å². The standard InChI is InChI=1S/C22H26BrNO5/c1-27-18-7-5-4-6-15(18)21(24-10-8-14(9-11-24)22(25)26)16-12-19(28-2)20(29-3)13-17(16)23/h4-7,12-14,21H,8-11H2,1-3H3,(H,25,26). The van der Waals surface area contributed by atoms with Crippen LogP contribution in [-0.4, -0.2) is 50.4 Å². The van der Waals surface area contributed by atoms with Gasteiger partial charge in [-0.05, 0) is 49.7 Å². The second-order valence-corrected chi connectivity index (χ2v) is 7.88. The van der Waals surface area contributed by atoms with Crippen molar-refractivity contribution in [1.29, 1.82) is 0 Å². The van der Waals surface area contributed by atoms with Gasteiger partial charge in [0, 0.05) is 10.0 Å². The molecule has 0 spiro atoms. The van der Waals surface area contributed by atoms with E-state index in [1.54, 1.807) is 21.3 Å². The van der Waals surface area contributed by atoms with Gasteiger partial charge in [0.05, 0.1) is 33.3 Å². The van der Waals surface area contributed by atoms with Crippen molar-refractivity contribution in [1.82, 2.24) is 4.90 Å². The Kier molecular flexibility index (Phi) is 7.03. The molecule has 29 heavy (non-hydrogen) atoms. The van der Waals surface area contributed by atoms with Gasteiger partial charge in [-0.3, -0.25) is 9.69 Å². The third-order valence-electron chi connectivity index (χ3n) is 5.47. The molecule has 1 aliphatic rings. The molecule has 2 aromatic carbocycles. The highest BCUT2D eigenvalue weighted by molar-refractivity contribution is 9.10. The highest BCUT2D eigenvalue weighted by Gasteiger charge is 2.33. The Bertz CT molecular complexity index is 864. The summed E-state index contributed by atoms with van der Waals surface area (Å²) in [6, 6.07) is 11.7. The highest BCUT2D eigenvalue weighted by atomic mass is 79.9. The average Bonchev–Trinajstić information content (AvgIpc) is 2.75. The van der Waals surface area contributed by atoms with E-state index < -0.39 is 5.97 Å². The molecule has 0 saturated carbocycles. The average molecular weight is 464 g/mol. The Labute approximate surface area is 179 Å². The van der Waals surface area contributed by atoms with Gasteiger partial charge >= 0.3 is 5.97 Å². The molecule has 1 fully saturated rings. The summed E-state index contributed by atoms with van der Waals surface area (Å²) in [5, 5.41) is 9.37. The van der Waals surface area contributed by atoms with Gasteiger partial charge in [0.15, 0.2) is 11.5 Å². The second kappa shape index (κ2) is 9.50. The smallest absolute Gasteiger partial charge is 0.306 e. The van der Waals surface area contributed by atoms with Crippen LogP contribution in [0.2, 0.25) is 0 Å². The molecule has 1 aliphatic heterocycles. The number of halogens is 1. The van der Waals surface area contributed by atoms with Crippen molar-refractivity contribution in [2.24, 2.45) is 5.92 Å². The summed E-state index contributed by atoms with van der Waals surface area (Å²) < 4.78 is 17.5. The van der Waals surface area contributed by atoms with Crippen LogP contribution in [0, 0.1) is 5.92 Å². The van der Waals surface area contributed by atoms with E-state index in [1.165, 1.54) is 0 Å². The van der Waals surface area contributed by atoms with Crippen molar-refractivity contribution in [3.05, 3.63) is 52.0 Å². The Morgan fingerprint density at radius 1 is 1.00 bits per heavy atom. The van der Waals surface area contributed by atoms with Crippen LogP contribution >= 0.6 is 15.9 Å². The number of carboxylic acid groups (broad SMARTS) is 1. The molecule has 0 radical (unpaired) electrons. The maximum Gasteiger partial charge on any atom is 0.306 e. The minimum absolute atomic E-state index is 0.116.